The van der Waals surface area contributed by atoms with E-state index >= 15 is 0 Å². The monoisotopic (exact) mass is 310 g/mol. The van der Waals surface area contributed by atoms with Crippen molar-refractivity contribution in [3.63, 3.8) is 0 Å². The fourth-order valence-corrected chi connectivity index (χ4v) is 6.02. The first-order valence-electron chi connectivity index (χ1n) is 6.80. The van der Waals surface area contributed by atoms with E-state index in [1.807, 2.05) is 0 Å². The van der Waals surface area contributed by atoms with Gasteiger partial charge >= 0.3 is 109 Å². The molecule has 0 N–H and O–H groups in total. The van der Waals surface area contributed by atoms with E-state index in [9.17, 15) is 0 Å². The van der Waals surface area contributed by atoms with Gasteiger partial charge in [0.1, 0.15) is 0 Å². The van der Waals surface area contributed by atoms with E-state index in [2.05, 4.69) is 27.7 Å². The summed E-state index contributed by atoms with van der Waals surface area (Å²) in [6.07, 6.45) is 3.81. The van der Waals surface area contributed by atoms with Gasteiger partial charge < -0.3 is 0 Å². The maximum atomic E-state index is 5.81. The molecule has 0 aliphatic carbocycles. The van der Waals surface area contributed by atoms with Crippen LogP contribution in [0.1, 0.15) is 53.4 Å². The summed E-state index contributed by atoms with van der Waals surface area (Å²) >= 11 is -3.43. The predicted octanol–water partition coefficient (Wildman–Crippen LogP) is 3.13. The van der Waals surface area contributed by atoms with Gasteiger partial charge in [-0.05, 0) is 0 Å². The Bertz CT molecular complexity index is 129. The molecule has 0 spiro atoms. The van der Waals surface area contributed by atoms with Crippen LogP contribution in [0, 0.1) is 0 Å². The minimum atomic E-state index is -3.43. The number of hydrogen-bond acceptors (Lipinski definition) is 4. The van der Waals surface area contributed by atoms with Crippen LogP contribution in [0.25, 0.3) is 0 Å². The van der Waals surface area contributed by atoms with Gasteiger partial charge in [0.25, 0.3) is 0 Å². The molecule has 0 rings (SSSR count). The first kappa shape index (κ1) is 17.4. The Morgan fingerprint density at radius 2 is 0.765 bits per heavy atom. The summed E-state index contributed by atoms with van der Waals surface area (Å²) in [7, 11) is 0. The van der Waals surface area contributed by atoms with Crippen molar-refractivity contribution in [2.24, 2.45) is 0 Å². The van der Waals surface area contributed by atoms with Gasteiger partial charge in [-0.25, -0.2) is 0 Å². The van der Waals surface area contributed by atoms with Gasteiger partial charge in [0, 0.05) is 0 Å². The molecule has 17 heavy (non-hydrogen) atoms. The van der Waals surface area contributed by atoms with Crippen molar-refractivity contribution in [3.05, 3.63) is 0 Å². The Kier molecular flexibility index (Phi) is 11.7. The molecule has 0 saturated carbocycles. The zero-order valence-corrected chi connectivity index (χ0v) is 13.9. The summed E-state index contributed by atoms with van der Waals surface area (Å²) in [6, 6.07) is 0. The molecule has 0 fully saturated rings. The van der Waals surface area contributed by atoms with Crippen LogP contribution in [0.5, 0.6) is 0 Å². The Morgan fingerprint density at radius 3 is 0.941 bits per heavy atom. The van der Waals surface area contributed by atoms with Crippen LogP contribution in [0.4, 0.5) is 0 Å². The molecule has 0 aliphatic rings. The zero-order valence-electron chi connectivity index (χ0n) is 11.8. The first-order valence-corrected chi connectivity index (χ1v) is 10.2. The molecule has 4 nitrogen and oxygen atoms in total. The van der Waals surface area contributed by atoms with E-state index in [0.717, 1.165) is 25.7 Å². The van der Waals surface area contributed by atoms with Gasteiger partial charge in [-0.3, -0.25) is 0 Å². The molecule has 0 radical (unpaired) electrons. The third-order valence-corrected chi connectivity index (χ3v) is 6.61. The maximum absolute atomic E-state index is 5.81. The summed E-state index contributed by atoms with van der Waals surface area (Å²) in [4.78, 5) is 0. The van der Waals surface area contributed by atoms with Crippen LogP contribution >= 0.6 is 0 Å². The Labute approximate surface area is 110 Å². The zero-order chi connectivity index (χ0) is 13.0. The molecule has 0 amide bonds. The van der Waals surface area contributed by atoms with Gasteiger partial charge in [0.2, 0.25) is 0 Å². The molecule has 0 heterocycles. The summed E-state index contributed by atoms with van der Waals surface area (Å²) in [5, 5.41) is 0. The summed E-state index contributed by atoms with van der Waals surface area (Å²) in [6.45, 7) is 10.9. The Morgan fingerprint density at radius 1 is 0.529 bits per heavy atom. The molecular formula is C12H28GeO4. The summed E-state index contributed by atoms with van der Waals surface area (Å²) in [5.41, 5.74) is 0. The molecule has 0 aromatic heterocycles. The molecule has 0 aromatic carbocycles. The van der Waals surface area contributed by atoms with Crippen LogP contribution < -0.4 is 0 Å². The number of rotatable bonds is 12. The van der Waals surface area contributed by atoms with Crippen molar-refractivity contribution in [3.8, 4) is 0 Å². The van der Waals surface area contributed by atoms with E-state index in [4.69, 9.17) is 15.1 Å². The third-order valence-electron chi connectivity index (χ3n) is 1.93. The van der Waals surface area contributed by atoms with E-state index in [1.165, 1.54) is 0 Å². The molecule has 0 aliphatic heterocycles. The van der Waals surface area contributed by atoms with Gasteiger partial charge in [-0.2, -0.15) is 0 Å². The molecule has 0 bridgehead atoms. The van der Waals surface area contributed by atoms with Gasteiger partial charge in [0.15, 0.2) is 0 Å². The van der Waals surface area contributed by atoms with Crippen molar-refractivity contribution >= 4 is 14.6 Å². The van der Waals surface area contributed by atoms with Crippen LogP contribution in [0.2, 0.25) is 0 Å². The van der Waals surface area contributed by atoms with Crippen LogP contribution in [-0.2, 0) is 15.1 Å². The molecule has 0 saturated heterocycles. The summed E-state index contributed by atoms with van der Waals surface area (Å²) < 4.78 is 23.2. The van der Waals surface area contributed by atoms with Crippen molar-refractivity contribution in [2.45, 2.75) is 53.4 Å². The van der Waals surface area contributed by atoms with Crippen LogP contribution in [0.3, 0.4) is 0 Å². The van der Waals surface area contributed by atoms with Crippen LogP contribution in [0.15, 0.2) is 0 Å². The molecule has 0 atom stereocenters. The normalized spacial score (nSPS) is 12.0. The van der Waals surface area contributed by atoms with E-state index < -0.39 is 14.6 Å². The van der Waals surface area contributed by atoms with Crippen molar-refractivity contribution in [1.29, 1.82) is 0 Å². The quantitative estimate of drug-likeness (QED) is 0.519. The average Bonchev–Trinajstić information content (AvgIpc) is 2.37. The molecule has 104 valence electrons. The van der Waals surface area contributed by atoms with E-state index in [0.29, 0.717) is 26.4 Å². The Hall–Kier alpha value is 0.383. The van der Waals surface area contributed by atoms with Crippen molar-refractivity contribution < 1.29 is 15.1 Å². The SMILES string of the molecule is CCC[O][Ge]([O]CCC)([O]CCC)[O]CCC. The molecular weight excluding hydrogens is 281 g/mol. The molecule has 0 aromatic rings. The predicted molar refractivity (Wildman–Crippen MR) is 70.7 cm³/mol. The average molecular weight is 309 g/mol. The summed E-state index contributed by atoms with van der Waals surface area (Å²) in [5.74, 6) is 0. The van der Waals surface area contributed by atoms with Crippen LogP contribution in [-0.4, -0.2) is 41.0 Å². The van der Waals surface area contributed by atoms with Crippen molar-refractivity contribution in [2.75, 3.05) is 26.4 Å². The fraction of sp³-hybridized carbons (Fsp3) is 1.00. The second kappa shape index (κ2) is 11.5. The van der Waals surface area contributed by atoms with Gasteiger partial charge in [0.05, 0.1) is 0 Å². The van der Waals surface area contributed by atoms with Crippen molar-refractivity contribution in [1.82, 2.24) is 0 Å². The standard InChI is InChI=1S/C12H28GeO4/c1-5-9-14-13(15-10-6-2,16-11-7-3)17-12-8-4/h5-12H2,1-4H3. The molecule has 5 heteroatoms. The third kappa shape index (κ3) is 8.16. The minimum absolute atomic E-state index is 0.650. The van der Waals surface area contributed by atoms with E-state index in [1.54, 1.807) is 0 Å². The first-order chi connectivity index (χ1) is 8.24. The fourth-order valence-electron chi connectivity index (χ4n) is 1.16. The number of hydrogen-bond donors (Lipinski definition) is 0. The van der Waals surface area contributed by atoms with Gasteiger partial charge in [-0.1, -0.05) is 0 Å². The molecule has 0 unspecified atom stereocenters. The second-order valence-electron chi connectivity index (χ2n) is 3.89. The van der Waals surface area contributed by atoms with Gasteiger partial charge in [-0.15, -0.1) is 0 Å². The van der Waals surface area contributed by atoms with E-state index in [-0.39, 0.29) is 0 Å². The Balaban J connectivity index is 4.39. The second-order valence-corrected chi connectivity index (χ2v) is 8.41. The topological polar surface area (TPSA) is 36.9 Å².